The fourth-order valence-corrected chi connectivity index (χ4v) is 4.39. The molecule has 0 aromatic heterocycles. The van der Waals surface area contributed by atoms with Crippen LogP contribution in [-0.4, -0.2) is 52.7 Å². The average molecular weight is 443 g/mol. The Balaban J connectivity index is 1.92. The van der Waals surface area contributed by atoms with Gasteiger partial charge in [0.2, 0.25) is 5.91 Å². The van der Waals surface area contributed by atoms with Crippen LogP contribution >= 0.6 is 0 Å². The van der Waals surface area contributed by atoms with Crippen LogP contribution in [0.2, 0.25) is 0 Å². The molecule has 1 saturated heterocycles. The number of aliphatic hydroxyl groups is 1. The summed E-state index contributed by atoms with van der Waals surface area (Å²) in [5.41, 5.74) is 2.01. The number of aliphatic carboxylic acids is 1. The van der Waals surface area contributed by atoms with Crippen molar-refractivity contribution in [3.63, 3.8) is 0 Å². The second-order valence-electron chi connectivity index (χ2n) is 9.04. The minimum absolute atomic E-state index is 0.0575. The Morgan fingerprint density at radius 1 is 1.09 bits per heavy atom. The Bertz CT molecular complexity index is 945. The van der Waals surface area contributed by atoms with Crippen LogP contribution in [0.15, 0.2) is 48.5 Å². The van der Waals surface area contributed by atoms with Crippen molar-refractivity contribution >= 4 is 11.9 Å². The highest BCUT2D eigenvalue weighted by atomic mass is 19.1. The summed E-state index contributed by atoms with van der Waals surface area (Å²) in [5.74, 6) is -2.98. The third kappa shape index (κ3) is 5.00. The number of piperazine rings is 1. The van der Waals surface area contributed by atoms with Gasteiger partial charge in [-0.05, 0) is 48.1 Å². The van der Waals surface area contributed by atoms with E-state index < -0.39 is 23.5 Å². The van der Waals surface area contributed by atoms with Crippen LogP contribution < -0.4 is 5.32 Å². The first kappa shape index (κ1) is 23.9. The molecule has 0 aliphatic carbocycles. The number of carboxylic acid groups (broad SMARTS) is 1. The summed E-state index contributed by atoms with van der Waals surface area (Å²) >= 11 is 0. The Morgan fingerprint density at radius 3 is 2.19 bits per heavy atom. The van der Waals surface area contributed by atoms with E-state index in [-0.39, 0.29) is 24.1 Å². The molecule has 172 valence electrons. The number of nitrogens with one attached hydrogen (secondary N) is 1. The van der Waals surface area contributed by atoms with Crippen molar-refractivity contribution in [2.75, 3.05) is 19.6 Å². The fourth-order valence-electron chi connectivity index (χ4n) is 4.39. The van der Waals surface area contributed by atoms with Gasteiger partial charge in [0.05, 0.1) is 11.5 Å². The highest BCUT2D eigenvalue weighted by molar-refractivity contribution is 5.86. The molecule has 0 unspecified atom stereocenters. The van der Waals surface area contributed by atoms with Crippen LogP contribution in [0.1, 0.15) is 32.8 Å². The molecule has 1 fully saturated rings. The maximum Gasteiger partial charge on any atom is 0.333 e. The highest BCUT2D eigenvalue weighted by Crippen LogP contribution is 2.34. The van der Waals surface area contributed by atoms with Crippen molar-refractivity contribution in [2.45, 2.75) is 38.8 Å². The van der Waals surface area contributed by atoms with E-state index in [1.807, 2.05) is 45.0 Å². The zero-order valence-corrected chi connectivity index (χ0v) is 18.7. The highest BCUT2D eigenvalue weighted by Gasteiger charge is 2.44. The van der Waals surface area contributed by atoms with Gasteiger partial charge >= 0.3 is 5.97 Å². The van der Waals surface area contributed by atoms with Gasteiger partial charge in [0, 0.05) is 19.6 Å². The molecule has 0 bridgehead atoms. The number of nitrogens with zero attached hydrogens (tertiary/aromatic N) is 1. The number of halogens is 1. The molecule has 6 nitrogen and oxygen atoms in total. The van der Waals surface area contributed by atoms with Crippen molar-refractivity contribution in [3.05, 3.63) is 59.9 Å². The van der Waals surface area contributed by atoms with Gasteiger partial charge in [0.1, 0.15) is 5.82 Å². The minimum Gasteiger partial charge on any atom is -0.479 e. The number of hydrogen-bond acceptors (Lipinski definition) is 4. The lowest BCUT2D eigenvalue weighted by Crippen LogP contribution is -2.61. The number of rotatable bonds is 7. The molecule has 2 aromatic rings. The second kappa shape index (κ2) is 9.79. The molecule has 1 aliphatic rings. The predicted octanol–water partition coefficient (Wildman–Crippen LogP) is 3.25. The number of carbonyl (C=O) groups is 2. The molecule has 1 heterocycles. The van der Waals surface area contributed by atoms with E-state index in [4.69, 9.17) is 0 Å². The monoisotopic (exact) mass is 442 g/mol. The lowest BCUT2D eigenvalue weighted by molar-refractivity contribution is -0.160. The summed E-state index contributed by atoms with van der Waals surface area (Å²) in [4.78, 5) is 26.7. The number of aliphatic hydroxyl groups excluding tert-OH is 1. The fraction of sp³-hybridized carbons (Fsp3) is 0.440. The molecule has 2 aromatic carbocycles. The standard InChI is InChI=1S/C25H31FN2O4/c1-16(2)14-21(22(29)24(31)32)23(30)28-13-12-27-15-25(28,3)19-8-4-17(5-9-19)18-6-10-20(26)11-7-18/h4-11,16,21-22,27,29H,12-15H2,1-3H3,(H,31,32)/t21-,22-,25-/m0/s1. The van der Waals surface area contributed by atoms with E-state index in [1.54, 1.807) is 17.0 Å². The van der Waals surface area contributed by atoms with Gasteiger partial charge in [-0.25, -0.2) is 9.18 Å². The summed E-state index contributed by atoms with van der Waals surface area (Å²) in [6.45, 7) is 7.26. The Kier molecular flexibility index (Phi) is 7.31. The quantitative estimate of drug-likeness (QED) is 0.613. The number of hydrogen-bond donors (Lipinski definition) is 3. The van der Waals surface area contributed by atoms with Gasteiger partial charge in [-0.2, -0.15) is 0 Å². The molecular weight excluding hydrogens is 411 g/mol. The number of benzene rings is 2. The van der Waals surface area contributed by atoms with Crippen molar-refractivity contribution in [3.8, 4) is 11.1 Å². The third-order valence-corrected chi connectivity index (χ3v) is 6.20. The van der Waals surface area contributed by atoms with Gasteiger partial charge < -0.3 is 20.4 Å². The molecule has 32 heavy (non-hydrogen) atoms. The SMILES string of the molecule is CC(C)C[C@H](C(=O)N1CCNC[C@@]1(C)c1ccc(-c2ccc(F)cc2)cc1)[C@H](O)C(=O)O. The number of carboxylic acids is 1. The average Bonchev–Trinajstić information content (AvgIpc) is 2.77. The lowest BCUT2D eigenvalue weighted by atomic mass is 9.84. The predicted molar refractivity (Wildman–Crippen MR) is 120 cm³/mol. The van der Waals surface area contributed by atoms with Crippen LogP contribution in [0.25, 0.3) is 11.1 Å². The summed E-state index contributed by atoms with van der Waals surface area (Å²) < 4.78 is 13.2. The first-order valence-corrected chi connectivity index (χ1v) is 10.9. The topological polar surface area (TPSA) is 89.9 Å². The van der Waals surface area contributed by atoms with Crippen molar-refractivity contribution in [1.29, 1.82) is 0 Å². The molecule has 7 heteroatoms. The largest absolute Gasteiger partial charge is 0.479 e. The van der Waals surface area contributed by atoms with Crippen LogP contribution in [0.3, 0.4) is 0 Å². The molecule has 0 spiro atoms. The second-order valence-corrected chi connectivity index (χ2v) is 9.04. The molecule has 3 N–H and O–H groups in total. The van der Waals surface area contributed by atoms with E-state index in [1.165, 1.54) is 12.1 Å². The lowest BCUT2D eigenvalue weighted by Gasteiger charge is -2.47. The molecule has 3 rings (SSSR count). The molecule has 1 amide bonds. The number of amides is 1. The third-order valence-electron chi connectivity index (χ3n) is 6.20. The summed E-state index contributed by atoms with van der Waals surface area (Å²) in [5, 5.41) is 23.0. The van der Waals surface area contributed by atoms with Crippen molar-refractivity contribution in [1.82, 2.24) is 10.2 Å². The van der Waals surface area contributed by atoms with Crippen molar-refractivity contribution < 1.29 is 24.2 Å². The van der Waals surface area contributed by atoms with E-state index in [0.717, 1.165) is 16.7 Å². The van der Waals surface area contributed by atoms with Gasteiger partial charge in [-0.15, -0.1) is 0 Å². The molecule has 3 atom stereocenters. The van der Waals surface area contributed by atoms with E-state index in [9.17, 15) is 24.2 Å². The summed E-state index contributed by atoms with van der Waals surface area (Å²) in [6, 6.07) is 14.0. The van der Waals surface area contributed by atoms with E-state index >= 15 is 0 Å². The Labute approximate surface area is 188 Å². The smallest absolute Gasteiger partial charge is 0.333 e. The van der Waals surface area contributed by atoms with Crippen LogP contribution in [0.5, 0.6) is 0 Å². The zero-order chi connectivity index (χ0) is 23.5. The first-order chi connectivity index (χ1) is 15.1. The van der Waals surface area contributed by atoms with Gasteiger partial charge in [0.25, 0.3) is 0 Å². The first-order valence-electron chi connectivity index (χ1n) is 10.9. The minimum atomic E-state index is -1.75. The summed E-state index contributed by atoms with van der Waals surface area (Å²) in [6.07, 6.45) is -1.46. The van der Waals surface area contributed by atoms with Gasteiger partial charge in [-0.1, -0.05) is 50.2 Å². The van der Waals surface area contributed by atoms with Gasteiger partial charge in [0.15, 0.2) is 6.10 Å². The van der Waals surface area contributed by atoms with Crippen LogP contribution in [0.4, 0.5) is 4.39 Å². The maximum absolute atomic E-state index is 13.5. The zero-order valence-electron chi connectivity index (χ0n) is 18.7. The van der Waals surface area contributed by atoms with Gasteiger partial charge in [-0.3, -0.25) is 4.79 Å². The maximum atomic E-state index is 13.5. The molecule has 0 radical (unpaired) electrons. The van der Waals surface area contributed by atoms with Crippen molar-refractivity contribution in [2.24, 2.45) is 11.8 Å². The summed E-state index contributed by atoms with van der Waals surface area (Å²) in [7, 11) is 0. The molecule has 1 aliphatic heterocycles. The van der Waals surface area contributed by atoms with E-state index in [0.29, 0.717) is 19.6 Å². The van der Waals surface area contributed by atoms with Crippen LogP contribution in [0, 0.1) is 17.7 Å². The Morgan fingerprint density at radius 2 is 1.66 bits per heavy atom. The van der Waals surface area contributed by atoms with E-state index in [2.05, 4.69) is 5.32 Å². The van der Waals surface area contributed by atoms with Crippen LogP contribution in [-0.2, 0) is 15.1 Å². The normalized spacial score (nSPS) is 20.8. The molecule has 0 saturated carbocycles. The molecular formula is C25H31FN2O4. The Hall–Kier alpha value is -2.77. The number of carbonyl (C=O) groups excluding carboxylic acids is 1.